The largest absolute Gasteiger partial charge is 0.490 e. The summed E-state index contributed by atoms with van der Waals surface area (Å²) in [6.07, 6.45) is 1.47. The molecule has 1 heterocycles. The summed E-state index contributed by atoms with van der Waals surface area (Å²) >= 11 is 3.35. The van der Waals surface area contributed by atoms with Crippen molar-refractivity contribution < 1.29 is 27.1 Å². The summed E-state index contributed by atoms with van der Waals surface area (Å²) in [7, 11) is -3.72. The molecule has 29 heavy (non-hydrogen) atoms. The van der Waals surface area contributed by atoms with Gasteiger partial charge in [0.1, 0.15) is 24.7 Å². The maximum atomic E-state index is 12.3. The van der Waals surface area contributed by atoms with Crippen molar-refractivity contribution in [1.29, 1.82) is 0 Å². The van der Waals surface area contributed by atoms with Gasteiger partial charge in [-0.1, -0.05) is 22.0 Å². The number of sulfonamides is 1. The lowest BCUT2D eigenvalue weighted by atomic mass is 10.2. The zero-order chi connectivity index (χ0) is 20.7. The van der Waals surface area contributed by atoms with Gasteiger partial charge in [0.05, 0.1) is 23.3 Å². The molecule has 0 radical (unpaired) electrons. The second-order valence-electron chi connectivity index (χ2n) is 5.87. The molecule has 0 aliphatic heterocycles. The molecular weight excluding hydrogens is 462 g/mol. The van der Waals surface area contributed by atoms with E-state index in [-0.39, 0.29) is 30.2 Å². The topological polar surface area (TPSA) is 94.8 Å². The van der Waals surface area contributed by atoms with Crippen LogP contribution >= 0.6 is 15.9 Å². The molecule has 0 spiro atoms. The van der Waals surface area contributed by atoms with E-state index in [0.717, 1.165) is 4.47 Å². The Morgan fingerprint density at radius 3 is 2.52 bits per heavy atom. The first kappa shape index (κ1) is 21.1. The van der Waals surface area contributed by atoms with Crippen LogP contribution in [0.25, 0.3) is 0 Å². The smallest absolute Gasteiger partial charge is 0.338 e. The van der Waals surface area contributed by atoms with Crippen molar-refractivity contribution in [2.45, 2.75) is 11.4 Å². The number of hydrogen-bond acceptors (Lipinski definition) is 6. The zero-order valence-electron chi connectivity index (χ0n) is 15.2. The van der Waals surface area contributed by atoms with Crippen LogP contribution in [0.1, 0.15) is 16.1 Å². The number of nitrogens with one attached hydrogen (secondary N) is 1. The Hall–Kier alpha value is -2.62. The van der Waals surface area contributed by atoms with Gasteiger partial charge in [0.15, 0.2) is 0 Å². The number of ether oxygens (including phenoxy) is 2. The number of hydrogen-bond donors (Lipinski definition) is 1. The third-order valence-corrected chi connectivity index (χ3v) is 5.71. The lowest BCUT2D eigenvalue weighted by molar-refractivity contribution is 0.0450. The summed E-state index contributed by atoms with van der Waals surface area (Å²) in [6.45, 7) is 0.304. The number of furan rings is 1. The number of carbonyl (C=O) groups is 1. The SMILES string of the molecule is O=C(OCCOc1cccc(Br)c1)c1ccc(S(=O)(=O)NCc2ccco2)cc1. The van der Waals surface area contributed by atoms with E-state index in [4.69, 9.17) is 13.9 Å². The predicted octanol–water partition coefficient (Wildman–Crippen LogP) is 3.76. The Morgan fingerprint density at radius 2 is 1.83 bits per heavy atom. The molecule has 1 N–H and O–H groups in total. The minimum absolute atomic E-state index is 0.0388. The van der Waals surface area contributed by atoms with Crippen LogP contribution in [0.5, 0.6) is 5.75 Å². The molecule has 7 nitrogen and oxygen atoms in total. The molecule has 9 heteroatoms. The standard InChI is InChI=1S/C20H18BrNO6S/c21-16-3-1-4-17(13-16)27-11-12-28-20(23)15-6-8-19(9-7-15)29(24,25)22-14-18-5-2-10-26-18/h1-10,13,22H,11-12,14H2. The second-order valence-corrected chi connectivity index (χ2v) is 8.55. The monoisotopic (exact) mass is 479 g/mol. The fourth-order valence-electron chi connectivity index (χ4n) is 2.37. The van der Waals surface area contributed by atoms with E-state index in [1.807, 2.05) is 12.1 Å². The molecule has 2 aromatic carbocycles. The fraction of sp³-hybridized carbons (Fsp3) is 0.150. The Morgan fingerprint density at radius 1 is 1.03 bits per heavy atom. The van der Waals surface area contributed by atoms with Gasteiger partial charge in [-0.3, -0.25) is 0 Å². The van der Waals surface area contributed by atoms with Crippen molar-refractivity contribution in [3.05, 3.63) is 82.7 Å². The normalized spacial score (nSPS) is 11.2. The summed E-state index contributed by atoms with van der Waals surface area (Å²) in [5, 5.41) is 0. The quantitative estimate of drug-likeness (QED) is 0.370. The van der Waals surface area contributed by atoms with Crippen LogP contribution in [0, 0.1) is 0 Å². The molecular formula is C20H18BrNO6S. The molecule has 3 rings (SSSR count). The van der Waals surface area contributed by atoms with Gasteiger partial charge in [0, 0.05) is 4.47 Å². The highest BCUT2D eigenvalue weighted by molar-refractivity contribution is 9.10. The minimum Gasteiger partial charge on any atom is -0.490 e. The van der Waals surface area contributed by atoms with Crippen LogP contribution in [0.2, 0.25) is 0 Å². The summed E-state index contributed by atoms with van der Waals surface area (Å²) in [4.78, 5) is 12.1. The summed E-state index contributed by atoms with van der Waals surface area (Å²) in [6, 6.07) is 16.2. The van der Waals surface area contributed by atoms with Crippen molar-refractivity contribution in [3.63, 3.8) is 0 Å². The van der Waals surface area contributed by atoms with Crippen LogP contribution in [0.15, 0.2) is 80.7 Å². The highest BCUT2D eigenvalue weighted by Crippen LogP contribution is 2.17. The lowest BCUT2D eigenvalue weighted by Gasteiger charge is -2.09. The van der Waals surface area contributed by atoms with Crippen molar-refractivity contribution in [2.24, 2.45) is 0 Å². The Labute approximate surface area is 176 Å². The molecule has 0 aliphatic rings. The molecule has 0 saturated carbocycles. The van der Waals surface area contributed by atoms with Crippen molar-refractivity contribution in [3.8, 4) is 5.75 Å². The van der Waals surface area contributed by atoms with Gasteiger partial charge in [0.2, 0.25) is 10.0 Å². The maximum Gasteiger partial charge on any atom is 0.338 e. The molecule has 3 aromatic rings. The highest BCUT2D eigenvalue weighted by Gasteiger charge is 2.16. The lowest BCUT2D eigenvalue weighted by Crippen LogP contribution is -2.23. The van der Waals surface area contributed by atoms with E-state index in [1.165, 1.54) is 30.5 Å². The van der Waals surface area contributed by atoms with E-state index < -0.39 is 16.0 Å². The van der Waals surface area contributed by atoms with E-state index >= 15 is 0 Å². The fourth-order valence-corrected chi connectivity index (χ4v) is 3.74. The second kappa shape index (κ2) is 9.73. The molecule has 0 aliphatic carbocycles. The van der Waals surface area contributed by atoms with Crippen LogP contribution in [-0.2, 0) is 21.3 Å². The van der Waals surface area contributed by atoms with Gasteiger partial charge in [0.25, 0.3) is 0 Å². The Balaban J connectivity index is 1.49. The average molecular weight is 480 g/mol. The van der Waals surface area contributed by atoms with Crippen LogP contribution in [-0.4, -0.2) is 27.6 Å². The minimum atomic E-state index is -3.72. The third kappa shape index (κ3) is 6.18. The van der Waals surface area contributed by atoms with E-state index in [9.17, 15) is 13.2 Å². The van der Waals surface area contributed by atoms with Crippen molar-refractivity contribution in [1.82, 2.24) is 4.72 Å². The number of rotatable bonds is 9. The Kier molecular flexibility index (Phi) is 7.08. The summed E-state index contributed by atoms with van der Waals surface area (Å²) < 4.78 is 43.6. The van der Waals surface area contributed by atoms with E-state index in [2.05, 4.69) is 20.7 Å². The first-order chi connectivity index (χ1) is 13.9. The molecule has 0 amide bonds. The van der Waals surface area contributed by atoms with Crippen LogP contribution in [0.3, 0.4) is 0 Å². The number of halogens is 1. The molecule has 0 atom stereocenters. The van der Waals surface area contributed by atoms with E-state index in [1.54, 1.807) is 24.3 Å². The first-order valence-corrected chi connectivity index (χ1v) is 10.9. The molecule has 0 fully saturated rings. The van der Waals surface area contributed by atoms with Crippen LogP contribution in [0.4, 0.5) is 0 Å². The summed E-state index contributed by atoms with van der Waals surface area (Å²) in [5.74, 6) is 0.598. The number of benzene rings is 2. The van der Waals surface area contributed by atoms with Gasteiger partial charge in [-0.15, -0.1) is 0 Å². The molecule has 0 saturated heterocycles. The van der Waals surface area contributed by atoms with E-state index in [0.29, 0.717) is 11.5 Å². The number of esters is 1. The molecule has 0 bridgehead atoms. The zero-order valence-corrected chi connectivity index (χ0v) is 17.6. The third-order valence-electron chi connectivity index (χ3n) is 3.80. The van der Waals surface area contributed by atoms with Crippen LogP contribution < -0.4 is 9.46 Å². The maximum absolute atomic E-state index is 12.3. The van der Waals surface area contributed by atoms with Gasteiger partial charge in [-0.25, -0.2) is 17.9 Å². The summed E-state index contributed by atoms with van der Waals surface area (Å²) in [5.41, 5.74) is 0.248. The predicted molar refractivity (Wildman–Crippen MR) is 109 cm³/mol. The molecule has 1 aromatic heterocycles. The molecule has 152 valence electrons. The average Bonchev–Trinajstić information content (AvgIpc) is 3.24. The van der Waals surface area contributed by atoms with Crippen molar-refractivity contribution >= 4 is 31.9 Å². The Bertz CT molecular complexity index is 1050. The van der Waals surface area contributed by atoms with Gasteiger partial charge in [-0.2, -0.15) is 0 Å². The van der Waals surface area contributed by atoms with Gasteiger partial charge >= 0.3 is 5.97 Å². The number of carbonyl (C=O) groups excluding carboxylic acids is 1. The molecule has 0 unspecified atom stereocenters. The highest BCUT2D eigenvalue weighted by atomic mass is 79.9. The first-order valence-electron chi connectivity index (χ1n) is 8.62. The van der Waals surface area contributed by atoms with Gasteiger partial charge in [-0.05, 0) is 54.6 Å². The van der Waals surface area contributed by atoms with Crippen molar-refractivity contribution in [2.75, 3.05) is 13.2 Å². The van der Waals surface area contributed by atoms with Gasteiger partial charge < -0.3 is 13.9 Å².